The Morgan fingerprint density at radius 3 is 2.84 bits per heavy atom. The summed E-state index contributed by atoms with van der Waals surface area (Å²) >= 11 is 5.85. The molecule has 0 bridgehead atoms. The molecule has 0 fully saturated rings. The number of carbonyl (C=O) groups is 1. The van der Waals surface area contributed by atoms with Gasteiger partial charge in [-0.05, 0) is 44.2 Å². The molecule has 0 saturated heterocycles. The van der Waals surface area contributed by atoms with E-state index >= 15 is 0 Å². The first-order valence-corrected chi connectivity index (χ1v) is 6.79. The second kappa shape index (κ2) is 8.02. The molecule has 1 atom stereocenters. The van der Waals surface area contributed by atoms with E-state index in [1.54, 1.807) is 12.1 Å². The van der Waals surface area contributed by atoms with E-state index in [1.165, 1.54) is 0 Å². The van der Waals surface area contributed by atoms with Crippen molar-refractivity contribution in [2.75, 3.05) is 19.7 Å². The zero-order valence-corrected chi connectivity index (χ0v) is 12.4. The Morgan fingerprint density at radius 1 is 1.47 bits per heavy atom. The first-order chi connectivity index (χ1) is 9.02. The molecule has 4 nitrogen and oxygen atoms in total. The molecule has 0 aliphatic heterocycles. The fraction of sp³-hybridized carbons (Fsp3) is 0.500. The minimum atomic E-state index is -0.126. The molecule has 0 spiro atoms. The summed E-state index contributed by atoms with van der Waals surface area (Å²) in [5.74, 6) is 0.554. The smallest absolute Gasteiger partial charge is 0.257 e. The Bertz CT molecular complexity index is 424. The van der Waals surface area contributed by atoms with Gasteiger partial charge in [-0.1, -0.05) is 18.5 Å². The van der Waals surface area contributed by atoms with Gasteiger partial charge in [-0.3, -0.25) is 4.79 Å². The summed E-state index contributed by atoms with van der Waals surface area (Å²) in [7, 11) is 0. The molecule has 19 heavy (non-hydrogen) atoms. The van der Waals surface area contributed by atoms with E-state index in [1.807, 2.05) is 26.8 Å². The molecular weight excluding hydrogens is 264 g/mol. The average molecular weight is 285 g/mol. The van der Waals surface area contributed by atoms with Crippen LogP contribution in [0.4, 0.5) is 0 Å². The number of likely N-dealkylation sites (N-methyl/N-ethyl adjacent to an activating group) is 1. The SMILES string of the molecule is CCN[C@H](C)CNC(=O)COc1ccc(Cl)cc1C. The summed E-state index contributed by atoms with van der Waals surface area (Å²) in [5, 5.41) is 6.70. The number of hydrogen-bond acceptors (Lipinski definition) is 3. The summed E-state index contributed by atoms with van der Waals surface area (Å²) in [4.78, 5) is 11.6. The first kappa shape index (κ1) is 15.8. The monoisotopic (exact) mass is 284 g/mol. The number of aryl methyl sites for hydroxylation is 1. The van der Waals surface area contributed by atoms with Crippen LogP contribution >= 0.6 is 11.6 Å². The molecular formula is C14H21ClN2O2. The maximum absolute atomic E-state index is 11.6. The fourth-order valence-electron chi connectivity index (χ4n) is 1.66. The predicted octanol–water partition coefficient (Wildman–Crippen LogP) is 2.14. The topological polar surface area (TPSA) is 50.4 Å². The number of carbonyl (C=O) groups excluding carboxylic acids is 1. The van der Waals surface area contributed by atoms with Crippen molar-refractivity contribution in [3.63, 3.8) is 0 Å². The summed E-state index contributed by atoms with van der Waals surface area (Å²) in [6, 6.07) is 5.58. The van der Waals surface area contributed by atoms with Gasteiger partial charge in [0.1, 0.15) is 5.75 Å². The van der Waals surface area contributed by atoms with Crippen molar-refractivity contribution < 1.29 is 9.53 Å². The number of benzene rings is 1. The second-order valence-electron chi connectivity index (χ2n) is 4.46. The van der Waals surface area contributed by atoms with Crippen molar-refractivity contribution in [3.05, 3.63) is 28.8 Å². The van der Waals surface area contributed by atoms with Gasteiger partial charge in [0.05, 0.1) is 0 Å². The molecule has 1 aromatic rings. The van der Waals surface area contributed by atoms with Crippen LogP contribution in [-0.2, 0) is 4.79 Å². The zero-order chi connectivity index (χ0) is 14.3. The molecule has 1 amide bonds. The summed E-state index contributed by atoms with van der Waals surface area (Å²) in [6.07, 6.45) is 0. The molecule has 0 radical (unpaired) electrons. The predicted molar refractivity (Wildman–Crippen MR) is 77.8 cm³/mol. The van der Waals surface area contributed by atoms with Crippen molar-refractivity contribution in [2.45, 2.75) is 26.8 Å². The van der Waals surface area contributed by atoms with Gasteiger partial charge in [-0.15, -0.1) is 0 Å². The Hall–Kier alpha value is -1.26. The van der Waals surface area contributed by atoms with Crippen molar-refractivity contribution in [1.29, 1.82) is 0 Å². The Labute approximate surface area is 119 Å². The molecule has 0 saturated carbocycles. The summed E-state index contributed by atoms with van der Waals surface area (Å²) in [6.45, 7) is 7.44. The highest BCUT2D eigenvalue weighted by Crippen LogP contribution is 2.21. The zero-order valence-electron chi connectivity index (χ0n) is 11.6. The molecule has 106 valence electrons. The van der Waals surface area contributed by atoms with Gasteiger partial charge in [0.15, 0.2) is 6.61 Å². The minimum Gasteiger partial charge on any atom is -0.484 e. The second-order valence-corrected chi connectivity index (χ2v) is 4.90. The van der Waals surface area contributed by atoms with Crippen LogP contribution in [0.3, 0.4) is 0 Å². The highest BCUT2D eigenvalue weighted by molar-refractivity contribution is 6.30. The van der Waals surface area contributed by atoms with Crippen LogP contribution in [0.15, 0.2) is 18.2 Å². The van der Waals surface area contributed by atoms with Crippen LogP contribution in [0, 0.1) is 6.92 Å². The summed E-state index contributed by atoms with van der Waals surface area (Å²) in [5.41, 5.74) is 0.918. The third-order valence-corrected chi connectivity index (χ3v) is 2.89. The fourth-order valence-corrected chi connectivity index (χ4v) is 1.88. The lowest BCUT2D eigenvalue weighted by atomic mass is 10.2. The third-order valence-electron chi connectivity index (χ3n) is 2.65. The standard InChI is InChI=1S/C14H21ClN2O2/c1-4-16-11(3)8-17-14(18)9-19-13-6-5-12(15)7-10(13)2/h5-7,11,16H,4,8-9H2,1-3H3,(H,17,18)/t11-/m1/s1. The van der Waals surface area contributed by atoms with Crippen LogP contribution in [0.1, 0.15) is 19.4 Å². The first-order valence-electron chi connectivity index (χ1n) is 6.42. The Balaban J connectivity index is 2.33. The number of amides is 1. The molecule has 5 heteroatoms. The third kappa shape index (κ3) is 5.94. The minimum absolute atomic E-state index is 0.0152. The molecule has 2 N–H and O–H groups in total. The Kier molecular flexibility index (Phi) is 6.67. The quantitative estimate of drug-likeness (QED) is 0.807. The van der Waals surface area contributed by atoms with Crippen LogP contribution in [-0.4, -0.2) is 31.6 Å². The number of nitrogens with one attached hydrogen (secondary N) is 2. The van der Waals surface area contributed by atoms with Crippen LogP contribution in [0.2, 0.25) is 5.02 Å². The molecule has 0 aliphatic carbocycles. The number of rotatable bonds is 7. The summed E-state index contributed by atoms with van der Waals surface area (Å²) < 4.78 is 5.45. The van der Waals surface area contributed by atoms with E-state index < -0.39 is 0 Å². The number of halogens is 1. The van der Waals surface area contributed by atoms with Gasteiger partial charge in [-0.2, -0.15) is 0 Å². The van der Waals surface area contributed by atoms with E-state index in [-0.39, 0.29) is 18.6 Å². The average Bonchev–Trinajstić information content (AvgIpc) is 2.35. The normalized spacial score (nSPS) is 12.0. The van der Waals surface area contributed by atoms with Crippen LogP contribution in [0.5, 0.6) is 5.75 Å². The van der Waals surface area contributed by atoms with Gasteiger partial charge in [0, 0.05) is 17.6 Å². The van der Waals surface area contributed by atoms with Gasteiger partial charge in [0.2, 0.25) is 0 Å². The van der Waals surface area contributed by atoms with Crippen LogP contribution < -0.4 is 15.4 Å². The lowest BCUT2D eigenvalue weighted by Gasteiger charge is -2.14. The largest absolute Gasteiger partial charge is 0.484 e. The van der Waals surface area contributed by atoms with Crippen molar-refractivity contribution in [3.8, 4) is 5.75 Å². The highest BCUT2D eigenvalue weighted by atomic mass is 35.5. The molecule has 0 unspecified atom stereocenters. The van der Waals surface area contributed by atoms with Crippen molar-refractivity contribution >= 4 is 17.5 Å². The van der Waals surface area contributed by atoms with Gasteiger partial charge < -0.3 is 15.4 Å². The van der Waals surface area contributed by atoms with Crippen LogP contribution in [0.25, 0.3) is 0 Å². The number of hydrogen-bond donors (Lipinski definition) is 2. The number of ether oxygens (including phenoxy) is 1. The highest BCUT2D eigenvalue weighted by Gasteiger charge is 2.06. The molecule has 0 aliphatic rings. The van der Waals surface area contributed by atoms with Crippen molar-refractivity contribution in [2.24, 2.45) is 0 Å². The van der Waals surface area contributed by atoms with Gasteiger partial charge in [0.25, 0.3) is 5.91 Å². The maximum Gasteiger partial charge on any atom is 0.257 e. The van der Waals surface area contributed by atoms with E-state index in [9.17, 15) is 4.79 Å². The van der Waals surface area contributed by atoms with Crippen molar-refractivity contribution in [1.82, 2.24) is 10.6 Å². The maximum atomic E-state index is 11.6. The molecule has 0 heterocycles. The molecule has 1 rings (SSSR count). The van der Waals surface area contributed by atoms with E-state index in [0.29, 0.717) is 17.3 Å². The Morgan fingerprint density at radius 2 is 2.21 bits per heavy atom. The van der Waals surface area contributed by atoms with Gasteiger partial charge in [-0.25, -0.2) is 0 Å². The lowest BCUT2D eigenvalue weighted by Crippen LogP contribution is -2.40. The van der Waals surface area contributed by atoms with E-state index in [4.69, 9.17) is 16.3 Å². The van der Waals surface area contributed by atoms with E-state index in [0.717, 1.165) is 12.1 Å². The molecule has 1 aromatic carbocycles. The van der Waals surface area contributed by atoms with E-state index in [2.05, 4.69) is 10.6 Å². The lowest BCUT2D eigenvalue weighted by molar-refractivity contribution is -0.123. The molecule has 0 aromatic heterocycles. The van der Waals surface area contributed by atoms with Gasteiger partial charge >= 0.3 is 0 Å².